The lowest BCUT2D eigenvalue weighted by Gasteiger charge is -2.05. The number of nitrogens with one attached hydrogen (secondary N) is 2. The van der Waals surface area contributed by atoms with Crippen molar-refractivity contribution in [3.05, 3.63) is 30.1 Å². The zero-order chi connectivity index (χ0) is 20.3. The summed E-state index contributed by atoms with van der Waals surface area (Å²) < 4.78 is 0. The van der Waals surface area contributed by atoms with Crippen LogP contribution >= 0.6 is 0 Å². The van der Waals surface area contributed by atoms with Crippen molar-refractivity contribution < 1.29 is 9.59 Å². The molecule has 1 aromatic heterocycles. The summed E-state index contributed by atoms with van der Waals surface area (Å²) in [6, 6.07) is 5.74. The number of nitrogens with zero attached hydrogens (tertiary/aromatic N) is 1. The summed E-state index contributed by atoms with van der Waals surface area (Å²) in [7, 11) is 1.70. The monoisotopic (exact) mass is 389 g/mol. The van der Waals surface area contributed by atoms with Crippen molar-refractivity contribution in [1.29, 1.82) is 0 Å². The molecule has 0 aliphatic rings. The van der Waals surface area contributed by atoms with Gasteiger partial charge in [0.25, 0.3) is 0 Å². The predicted molar refractivity (Wildman–Crippen MR) is 115 cm³/mol. The Morgan fingerprint density at radius 2 is 1.25 bits per heavy atom. The van der Waals surface area contributed by atoms with Crippen LogP contribution in [0.2, 0.25) is 0 Å². The van der Waals surface area contributed by atoms with Gasteiger partial charge in [-0.2, -0.15) is 0 Å². The van der Waals surface area contributed by atoms with E-state index in [4.69, 9.17) is 0 Å². The standard InChI is InChI=1S/C23H39N3O2/c1-24-22(27)17-12-10-8-6-4-2-3-5-7-9-11-13-18-23(28)26-20-21-16-14-15-19-25-21/h14-16,19H,2-13,17-18,20H2,1H3,(H,24,27)(H,26,28). The van der Waals surface area contributed by atoms with Gasteiger partial charge in [-0.15, -0.1) is 0 Å². The maximum absolute atomic E-state index is 11.8. The maximum atomic E-state index is 11.8. The zero-order valence-electron chi connectivity index (χ0n) is 17.7. The SMILES string of the molecule is CNC(=O)CCCCCCCCCCCCCCC(=O)NCc1ccccn1. The average molecular weight is 390 g/mol. The summed E-state index contributed by atoms with van der Waals surface area (Å²) in [6.07, 6.45) is 17.7. The first-order chi connectivity index (χ1) is 13.7. The van der Waals surface area contributed by atoms with Crippen LogP contribution in [-0.2, 0) is 16.1 Å². The Labute approximate surface area is 171 Å². The van der Waals surface area contributed by atoms with Gasteiger partial charge in [-0.05, 0) is 25.0 Å². The van der Waals surface area contributed by atoms with Crippen LogP contribution in [0.25, 0.3) is 0 Å². The van der Waals surface area contributed by atoms with E-state index in [0.29, 0.717) is 19.4 Å². The summed E-state index contributed by atoms with van der Waals surface area (Å²) in [5.74, 6) is 0.283. The zero-order valence-corrected chi connectivity index (χ0v) is 17.7. The molecule has 0 saturated carbocycles. The quantitative estimate of drug-likeness (QED) is 0.372. The maximum Gasteiger partial charge on any atom is 0.220 e. The number of unbranched alkanes of at least 4 members (excludes halogenated alkanes) is 11. The molecule has 0 aromatic carbocycles. The first-order valence-corrected chi connectivity index (χ1v) is 11.1. The van der Waals surface area contributed by atoms with Crippen molar-refractivity contribution in [3.8, 4) is 0 Å². The molecule has 0 unspecified atom stereocenters. The predicted octanol–water partition coefficient (Wildman–Crippen LogP) is 4.91. The number of hydrogen-bond donors (Lipinski definition) is 2. The second-order valence-electron chi connectivity index (χ2n) is 7.51. The summed E-state index contributed by atoms with van der Waals surface area (Å²) in [6.45, 7) is 0.522. The van der Waals surface area contributed by atoms with E-state index >= 15 is 0 Å². The van der Waals surface area contributed by atoms with Gasteiger partial charge in [0.1, 0.15) is 0 Å². The van der Waals surface area contributed by atoms with E-state index in [1.165, 1.54) is 57.8 Å². The van der Waals surface area contributed by atoms with E-state index in [1.807, 2.05) is 18.2 Å². The minimum atomic E-state index is 0.126. The highest BCUT2D eigenvalue weighted by Crippen LogP contribution is 2.13. The van der Waals surface area contributed by atoms with Crippen LogP contribution in [0.4, 0.5) is 0 Å². The van der Waals surface area contributed by atoms with Crippen LogP contribution in [0.5, 0.6) is 0 Å². The molecule has 1 heterocycles. The number of amides is 2. The summed E-state index contributed by atoms with van der Waals surface area (Å²) in [5, 5.41) is 5.59. The molecule has 0 saturated heterocycles. The highest BCUT2D eigenvalue weighted by atomic mass is 16.2. The van der Waals surface area contributed by atoms with E-state index < -0.39 is 0 Å². The van der Waals surface area contributed by atoms with Crippen LogP contribution in [0, 0.1) is 0 Å². The fourth-order valence-electron chi connectivity index (χ4n) is 3.24. The third-order valence-electron chi connectivity index (χ3n) is 5.03. The number of carbonyl (C=O) groups is 2. The fourth-order valence-corrected chi connectivity index (χ4v) is 3.24. The van der Waals surface area contributed by atoms with Crippen molar-refractivity contribution in [1.82, 2.24) is 15.6 Å². The van der Waals surface area contributed by atoms with E-state index in [0.717, 1.165) is 25.0 Å². The third kappa shape index (κ3) is 14.2. The second kappa shape index (κ2) is 17.2. The van der Waals surface area contributed by atoms with Gasteiger partial charge in [0.05, 0.1) is 12.2 Å². The molecule has 28 heavy (non-hydrogen) atoms. The third-order valence-corrected chi connectivity index (χ3v) is 5.03. The number of aromatic nitrogens is 1. The van der Waals surface area contributed by atoms with Gasteiger partial charge in [-0.25, -0.2) is 0 Å². The number of rotatable bonds is 17. The van der Waals surface area contributed by atoms with Crippen LogP contribution < -0.4 is 10.6 Å². The van der Waals surface area contributed by atoms with Gasteiger partial charge in [-0.1, -0.05) is 70.3 Å². The largest absolute Gasteiger partial charge is 0.359 e. The lowest BCUT2D eigenvalue weighted by atomic mass is 10.0. The highest BCUT2D eigenvalue weighted by Gasteiger charge is 2.02. The van der Waals surface area contributed by atoms with Crippen LogP contribution in [0.15, 0.2) is 24.4 Å². The molecule has 2 amide bonds. The van der Waals surface area contributed by atoms with Crippen molar-refractivity contribution in [2.45, 2.75) is 96.4 Å². The average Bonchev–Trinajstić information content (AvgIpc) is 2.73. The first-order valence-electron chi connectivity index (χ1n) is 11.1. The van der Waals surface area contributed by atoms with Crippen LogP contribution in [0.3, 0.4) is 0 Å². The fraction of sp³-hybridized carbons (Fsp3) is 0.696. The van der Waals surface area contributed by atoms with Crippen molar-refractivity contribution in [2.75, 3.05) is 7.05 Å². The molecular formula is C23H39N3O2. The van der Waals surface area contributed by atoms with Gasteiger partial charge in [0.15, 0.2) is 0 Å². The van der Waals surface area contributed by atoms with Gasteiger partial charge in [0, 0.05) is 26.1 Å². The molecule has 5 heteroatoms. The highest BCUT2D eigenvalue weighted by molar-refractivity contribution is 5.75. The molecule has 0 radical (unpaired) electrons. The minimum absolute atomic E-state index is 0.126. The molecule has 1 rings (SSSR count). The molecule has 0 aliphatic heterocycles. The van der Waals surface area contributed by atoms with Crippen molar-refractivity contribution in [2.24, 2.45) is 0 Å². The molecule has 0 fully saturated rings. The van der Waals surface area contributed by atoms with E-state index in [2.05, 4.69) is 15.6 Å². The molecule has 0 aliphatic carbocycles. The molecule has 0 bridgehead atoms. The molecular weight excluding hydrogens is 350 g/mol. The summed E-state index contributed by atoms with van der Waals surface area (Å²) in [4.78, 5) is 27.1. The Morgan fingerprint density at radius 3 is 1.71 bits per heavy atom. The van der Waals surface area contributed by atoms with Gasteiger partial charge in [-0.3, -0.25) is 14.6 Å². The van der Waals surface area contributed by atoms with E-state index in [9.17, 15) is 9.59 Å². The Bertz CT molecular complexity index is 520. The summed E-state index contributed by atoms with van der Waals surface area (Å²) in [5.41, 5.74) is 0.903. The molecule has 158 valence electrons. The molecule has 2 N–H and O–H groups in total. The normalized spacial score (nSPS) is 10.6. The second-order valence-corrected chi connectivity index (χ2v) is 7.51. The van der Waals surface area contributed by atoms with Crippen molar-refractivity contribution >= 4 is 11.8 Å². The molecule has 5 nitrogen and oxygen atoms in total. The Hall–Kier alpha value is -1.91. The lowest BCUT2D eigenvalue weighted by Crippen LogP contribution is -2.22. The molecule has 0 spiro atoms. The minimum Gasteiger partial charge on any atom is -0.359 e. The topological polar surface area (TPSA) is 71.1 Å². The number of hydrogen-bond acceptors (Lipinski definition) is 3. The van der Waals surface area contributed by atoms with Gasteiger partial charge >= 0.3 is 0 Å². The lowest BCUT2D eigenvalue weighted by molar-refractivity contribution is -0.121. The molecule has 1 aromatic rings. The first kappa shape index (κ1) is 24.1. The van der Waals surface area contributed by atoms with Crippen LogP contribution in [0.1, 0.15) is 95.6 Å². The van der Waals surface area contributed by atoms with Gasteiger partial charge in [0.2, 0.25) is 11.8 Å². The Kier molecular flexibility index (Phi) is 14.8. The van der Waals surface area contributed by atoms with E-state index in [1.54, 1.807) is 13.2 Å². The van der Waals surface area contributed by atoms with Gasteiger partial charge < -0.3 is 10.6 Å². The summed E-state index contributed by atoms with van der Waals surface area (Å²) >= 11 is 0. The Morgan fingerprint density at radius 1 is 0.750 bits per heavy atom. The molecule has 0 atom stereocenters. The smallest absolute Gasteiger partial charge is 0.220 e. The van der Waals surface area contributed by atoms with Crippen molar-refractivity contribution in [3.63, 3.8) is 0 Å². The van der Waals surface area contributed by atoms with Crippen LogP contribution in [-0.4, -0.2) is 23.8 Å². The Balaban J connectivity index is 1.78. The number of carbonyl (C=O) groups excluding carboxylic acids is 2. The van der Waals surface area contributed by atoms with E-state index in [-0.39, 0.29) is 11.8 Å². The number of pyridine rings is 1.